The van der Waals surface area contributed by atoms with Crippen molar-refractivity contribution in [3.63, 3.8) is 0 Å². The number of anilines is 2. The van der Waals surface area contributed by atoms with E-state index >= 15 is 0 Å². The van der Waals surface area contributed by atoms with Crippen molar-refractivity contribution in [3.8, 4) is 0 Å². The van der Waals surface area contributed by atoms with Gasteiger partial charge in [-0.1, -0.05) is 41.9 Å². The number of amides is 1. The molecule has 1 heterocycles. The first-order chi connectivity index (χ1) is 12.2. The Balaban J connectivity index is 1.53. The number of carbonyl (C=O) groups excluding carboxylic acids is 1. The molecule has 0 aliphatic carbocycles. The van der Waals surface area contributed by atoms with E-state index in [1.54, 1.807) is 17.4 Å². The lowest BCUT2D eigenvalue weighted by Gasteiger charge is -2.11. The highest BCUT2D eigenvalue weighted by Crippen LogP contribution is 2.26. The van der Waals surface area contributed by atoms with Gasteiger partial charge in [0.15, 0.2) is 0 Å². The van der Waals surface area contributed by atoms with Gasteiger partial charge in [0.25, 0.3) is 0 Å². The van der Waals surface area contributed by atoms with Crippen LogP contribution in [0.15, 0.2) is 65.4 Å². The lowest BCUT2D eigenvalue weighted by atomic mass is 10.2. The number of halogens is 1. The summed E-state index contributed by atoms with van der Waals surface area (Å²) in [6, 6.07) is 17.7. The van der Waals surface area contributed by atoms with E-state index in [0.29, 0.717) is 23.7 Å². The third-order valence-corrected chi connectivity index (χ3v) is 4.84. The molecule has 2 aromatic carbocycles. The van der Waals surface area contributed by atoms with E-state index in [0.717, 1.165) is 12.1 Å². The van der Waals surface area contributed by atoms with Crippen LogP contribution in [0, 0.1) is 0 Å². The summed E-state index contributed by atoms with van der Waals surface area (Å²) in [5.74, 6) is -0.00717. The van der Waals surface area contributed by atoms with Crippen molar-refractivity contribution >= 4 is 40.2 Å². The molecule has 3 rings (SSSR count). The Labute approximate surface area is 156 Å². The van der Waals surface area contributed by atoms with Crippen LogP contribution in [-0.4, -0.2) is 5.91 Å². The molecule has 25 heavy (non-hydrogen) atoms. The van der Waals surface area contributed by atoms with Crippen LogP contribution in [0.25, 0.3) is 0 Å². The molecule has 128 valence electrons. The highest BCUT2D eigenvalue weighted by atomic mass is 35.5. The van der Waals surface area contributed by atoms with E-state index in [2.05, 4.69) is 28.1 Å². The van der Waals surface area contributed by atoms with Crippen molar-refractivity contribution < 1.29 is 4.79 Å². The van der Waals surface area contributed by atoms with Crippen molar-refractivity contribution in [1.29, 1.82) is 0 Å². The predicted octanol–water partition coefficient (Wildman–Crippen LogP) is 5.58. The van der Waals surface area contributed by atoms with Gasteiger partial charge in [0, 0.05) is 18.7 Å². The van der Waals surface area contributed by atoms with E-state index in [1.807, 2.05) is 41.8 Å². The molecule has 0 aliphatic rings. The van der Waals surface area contributed by atoms with Crippen LogP contribution >= 0.6 is 22.9 Å². The molecular formula is C20H19ClN2OS. The van der Waals surface area contributed by atoms with Gasteiger partial charge < -0.3 is 10.6 Å². The zero-order valence-corrected chi connectivity index (χ0v) is 15.2. The molecule has 1 amide bonds. The van der Waals surface area contributed by atoms with Gasteiger partial charge in [0.1, 0.15) is 0 Å². The molecule has 3 nitrogen and oxygen atoms in total. The van der Waals surface area contributed by atoms with Crippen LogP contribution in [0.1, 0.15) is 17.5 Å². The highest BCUT2D eigenvalue weighted by Gasteiger charge is 2.06. The molecule has 3 aromatic rings. The number of carbonyl (C=O) groups is 1. The van der Waals surface area contributed by atoms with E-state index in [4.69, 9.17) is 11.6 Å². The Morgan fingerprint density at radius 3 is 2.60 bits per heavy atom. The number of benzene rings is 2. The fraction of sp³-hybridized carbons (Fsp3) is 0.150. The summed E-state index contributed by atoms with van der Waals surface area (Å²) < 4.78 is 0. The first-order valence-corrected chi connectivity index (χ1v) is 9.41. The molecule has 0 fully saturated rings. The molecule has 0 radical (unpaired) electrons. The lowest BCUT2D eigenvalue weighted by Crippen LogP contribution is -2.12. The molecular weight excluding hydrogens is 352 g/mol. The molecule has 0 saturated carbocycles. The fourth-order valence-electron chi connectivity index (χ4n) is 2.45. The minimum absolute atomic E-state index is 0.00717. The smallest absolute Gasteiger partial charge is 0.224 e. The molecule has 2 N–H and O–H groups in total. The van der Waals surface area contributed by atoms with E-state index in [9.17, 15) is 4.79 Å². The maximum atomic E-state index is 12.0. The first kappa shape index (κ1) is 17.5. The minimum Gasteiger partial charge on any atom is -0.380 e. The number of hydrogen-bond acceptors (Lipinski definition) is 3. The maximum Gasteiger partial charge on any atom is 0.224 e. The molecule has 0 bridgehead atoms. The van der Waals surface area contributed by atoms with E-state index in [1.165, 1.54) is 11.1 Å². The van der Waals surface area contributed by atoms with Crippen LogP contribution in [-0.2, 0) is 17.8 Å². The summed E-state index contributed by atoms with van der Waals surface area (Å²) in [5, 5.41) is 10.9. The third kappa shape index (κ3) is 5.34. The molecule has 0 aliphatic heterocycles. The van der Waals surface area contributed by atoms with Crippen LogP contribution in [0.4, 0.5) is 11.4 Å². The fourth-order valence-corrected chi connectivity index (χ4v) is 3.40. The summed E-state index contributed by atoms with van der Waals surface area (Å²) in [6.45, 7) is 0.701. The van der Waals surface area contributed by atoms with Crippen molar-refractivity contribution in [2.75, 3.05) is 10.6 Å². The zero-order chi connectivity index (χ0) is 17.5. The largest absolute Gasteiger partial charge is 0.380 e. The topological polar surface area (TPSA) is 41.1 Å². The van der Waals surface area contributed by atoms with Gasteiger partial charge >= 0.3 is 0 Å². The Kier molecular flexibility index (Phi) is 6.09. The van der Waals surface area contributed by atoms with Crippen molar-refractivity contribution in [3.05, 3.63) is 81.5 Å². The molecule has 0 spiro atoms. The van der Waals surface area contributed by atoms with Crippen LogP contribution in [0.3, 0.4) is 0 Å². The SMILES string of the molecule is O=C(CCc1ccsc1)Nc1ccc(NCc2ccccc2)c(Cl)c1. The summed E-state index contributed by atoms with van der Waals surface area (Å²) >= 11 is 7.97. The average Bonchev–Trinajstić information content (AvgIpc) is 3.14. The Morgan fingerprint density at radius 2 is 1.88 bits per heavy atom. The first-order valence-electron chi connectivity index (χ1n) is 8.09. The maximum absolute atomic E-state index is 12.0. The number of nitrogens with one attached hydrogen (secondary N) is 2. The van der Waals surface area contributed by atoms with E-state index < -0.39 is 0 Å². The third-order valence-electron chi connectivity index (χ3n) is 3.80. The molecule has 0 atom stereocenters. The van der Waals surface area contributed by atoms with Crippen LogP contribution in [0.5, 0.6) is 0 Å². The summed E-state index contributed by atoms with van der Waals surface area (Å²) in [6.07, 6.45) is 1.21. The second-order valence-corrected chi connectivity index (χ2v) is 6.90. The summed E-state index contributed by atoms with van der Waals surface area (Å²) in [4.78, 5) is 12.0. The molecule has 0 saturated heterocycles. The van der Waals surface area contributed by atoms with Gasteiger partial charge in [-0.3, -0.25) is 4.79 Å². The second kappa shape index (κ2) is 8.70. The van der Waals surface area contributed by atoms with Crippen molar-refractivity contribution in [1.82, 2.24) is 0 Å². The molecule has 1 aromatic heterocycles. The predicted molar refractivity (Wildman–Crippen MR) is 106 cm³/mol. The Hall–Kier alpha value is -2.30. The van der Waals surface area contributed by atoms with Crippen molar-refractivity contribution in [2.24, 2.45) is 0 Å². The normalized spacial score (nSPS) is 10.4. The van der Waals surface area contributed by atoms with Gasteiger partial charge in [-0.2, -0.15) is 11.3 Å². The number of rotatable bonds is 7. The standard InChI is InChI=1S/C20H19ClN2OS/c21-18-12-17(23-20(24)9-6-16-10-11-25-14-16)7-8-19(18)22-13-15-4-2-1-3-5-15/h1-5,7-8,10-12,14,22H,6,9,13H2,(H,23,24). The lowest BCUT2D eigenvalue weighted by molar-refractivity contribution is -0.116. The molecule has 0 unspecified atom stereocenters. The van der Waals surface area contributed by atoms with Gasteiger partial charge in [-0.05, 0) is 52.6 Å². The van der Waals surface area contributed by atoms with Crippen LogP contribution < -0.4 is 10.6 Å². The zero-order valence-electron chi connectivity index (χ0n) is 13.7. The van der Waals surface area contributed by atoms with Crippen molar-refractivity contribution in [2.45, 2.75) is 19.4 Å². The number of aryl methyl sites for hydroxylation is 1. The van der Waals surface area contributed by atoms with Gasteiger partial charge in [0.2, 0.25) is 5.91 Å². The Bertz CT molecular complexity index is 819. The molecule has 5 heteroatoms. The highest BCUT2D eigenvalue weighted by molar-refractivity contribution is 7.07. The van der Waals surface area contributed by atoms with Gasteiger partial charge in [0.05, 0.1) is 10.7 Å². The average molecular weight is 371 g/mol. The van der Waals surface area contributed by atoms with Gasteiger partial charge in [-0.15, -0.1) is 0 Å². The second-order valence-electron chi connectivity index (χ2n) is 5.71. The Morgan fingerprint density at radius 1 is 1.04 bits per heavy atom. The summed E-state index contributed by atoms with van der Waals surface area (Å²) in [5.41, 5.74) is 3.94. The monoisotopic (exact) mass is 370 g/mol. The quantitative estimate of drug-likeness (QED) is 0.569. The van der Waals surface area contributed by atoms with E-state index in [-0.39, 0.29) is 5.91 Å². The van der Waals surface area contributed by atoms with Crippen LogP contribution in [0.2, 0.25) is 5.02 Å². The van der Waals surface area contributed by atoms with Gasteiger partial charge in [-0.25, -0.2) is 0 Å². The summed E-state index contributed by atoms with van der Waals surface area (Å²) in [7, 11) is 0. The minimum atomic E-state index is -0.00717. The number of thiophene rings is 1. The number of hydrogen-bond donors (Lipinski definition) is 2.